The van der Waals surface area contributed by atoms with E-state index in [2.05, 4.69) is 12.0 Å². The first kappa shape index (κ1) is 13.7. The summed E-state index contributed by atoms with van der Waals surface area (Å²) in [5.41, 5.74) is 7.85. The van der Waals surface area contributed by atoms with Crippen molar-refractivity contribution in [3.8, 4) is 0 Å². The summed E-state index contributed by atoms with van der Waals surface area (Å²) in [6.45, 7) is 8.13. The van der Waals surface area contributed by atoms with Crippen LogP contribution in [0.3, 0.4) is 0 Å². The number of nitrogens with zero attached hydrogens (tertiary/aromatic N) is 2. The van der Waals surface area contributed by atoms with Gasteiger partial charge in [0.15, 0.2) is 0 Å². The fourth-order valence-corrected chi connectivity index (χ4v) is 1.91. The summed E-state index contributed by atoms with van der Waals surface area (Å²) in [4.78, 5) is 10.9. The van der Waals surface area contributed by atoms with Crippen molar-refractivity contribution in [3.05, 3.63) is 17.0 Å². The molecule has 0 radical (unpaired) electrons. The Morgan fingerprint density at radius 3 is 2.53 bits per heavy atom. The molecule has 0 aliphatic heterocycles. The van der Waals surface area contributed by atoms with Crippen LogP contribution in [0.1, 0.15) is 37.2 Å². The molecule has 5 heteroatoms. The van der Waals surface area contributed by atoms with Gasteiger partial charge in [0.05, 0.1) is 5.69 Å². The summed E-state index contributed by atoms with van der Waals surface area (Å²) < 4.78 is 1.85. The monoisotopic (exact) mass is 239 g/mol. The molecule has 0 aliphatic carbocycles. The topological polar surface area (TPSA) is 81.1 Å². The molecule has 1 unspecified atom stereocenters. The van der Waals surface area contributed by atoms with Crippen molar-refractivity contribution in [3.63, 3.8) is 0 Å². The molecular weight excluding hydrogens is 218 g/mol. The lowest BCUT2D eigenvalue weighted by atomic mass is 10.00. The molecule has 0 aliphatic rings. The maximum atomic E-state index is 10.9. The van der Waals surface area contributed by atoms with Crippen LogP contribution in [0, 0.1) is 13.8 Å². The van der Waals surface area contributed by atoms with Gasteiger partial charge < -0.3 is 10.8 Å². The van der Waals surface area contributed by atoms with Gasteiger partial charge in [-0.05, 0) is 39.2 Å². The highest BCUT2D eigenvalue weighted by molar-refractivity contribution is 5.77. The Labute approximate surface area is 102 Å². The zero-order chi connectivity index (χ0) is 13.2. The molecule has 0 amide bonds. The minimum Gasteiger partial charge on any atom is -0.480 e. The van der Waals surface area contributed by atoms with Crippen LogP contribution in [0.4, 0.5) is 0 Å². The Kier molecular flexibility index (Phi) is 3.93. The second kappa shape index (κ2) is 4.87. The number of carboxylic acid groups (broad SMARTS) is 1. The minimum absolute atomic E-state index is 0.368. The lowest BCUT2D eigenvalue weighted by Crippen LogP contribution is -2.45. The van der Waals surface area contributed by atoms with Gasteiger partial charge in [0, 0.05) is 12.2 Å². The number of aliphatic carboxylic acids is 1. The van der Waals surface area contributed by atoms with Crippen LogP contribution in [0.15, 0.2) is 0 Å². The first-order chi connectivity index (χ1) is 7.79. The van der Waals surface area contributed by atoms with Crippen LogP contribution in [-0.4, -0.2) is 26.4 Å². The van der Waals surface area contributed by atoms with Crippen molar-refractivity contribution in [1.82, 2.24) is 9.78 Å². The van der Waals surface area contributed by atoms with Gasteiger partial charge in [-0.1, -0.05) is 6.92 Å². The highest BCUT2D eigenvalue weighted by Crippen LogP contribution is 2.15. The molecule has 1 aromatic rings. The molecular formula is C12H21N3O2. The van der Waals surface area contributed by atoms with Gasteiger partial charge in [0.2, 0.25) is 0 Å². The predicted octanol–water partition coefficient (Wildman–Crippen LogP) is 1.25. The van der Waals surface area contributed by atoms with E-state index in [9.17, 15) is 4.79 Å². The fourth-order valence-electron chi connectivity index (χ4n) is 1.91. The molecule has 1 heterocycles. The Morgan fingerprint density at radius 2 is 2.12 bits per heavy atom. The summed E-state index contributed by atoms with van der Waals surface area (Å²) in [6, 6.07) is 0. The van der Waals surface area contributed by atoms with Crippen molar-refractivity contribution in [2.75, 3.05) is 0 Å². The lowest BCUT2D eigenvalue weighted by molar-refractivity contribution is -0.143. The average molecular weight is 239 g/mol. The molecule has 0 saturated heterocycles. The molecule has 0 fully saturated rings. The van der Waals surface area contributed by atoms with Crippen molar-refractivity contribution < 1.29 is 9.90 Å². The molecule has 1 atom stereocenters. The van der Waals surface area contributed by atoms with E-state index in [1.54, 1.807) is 0 Å². The molecule has 1 rings (SSSR count). The quantitative estimate of drug-likeness (QED) is 0.810. The summed E-state index contributed by atoms with van der Waals surface area (Å²) in [7, 11) is 0. The Bertz CT molecular complexity index is 422. The normalized spacial score (nSPS) is 14.6. The summed E-state index contributed by atoms with van der Waals surface area (Å²) >= 11 is 0. The number of rotatable bonds is 5. The predicted molar refractivity (Wildman–Crippen MR) is 65.9 cm³/mol. The molecule has 0 saturated carbocycles. The zero-order valence-electron chi connectivity index (χ0n) is 10.9. The summed E-state index contributed by atoms with van der Waals surface area (Å²) in [6.07, 6.45) is 1.31. The van der Waals surface area contributed by atoms with E-state index in [0.29, 0.717) is 13.0 Å². The molecule has 17 heavy (non-hydrogen) atoms. The summed E-state index contributed by atoms with van der Waals surface area (Å²) in [5.74, 6) is -0.977. The molecule has 96 valence electrons. The molecule has 1 aromatic heterocycles. The third kappa shape index (κ3) is 2.85. The van der Waals surface area contributed by atoms with E-state index in [1.165, 1.54) is 12.5 Å². The van der Waals surface area contributed by atoms with E-state index >= 15 is 0 Å². The first-order valence-electron chi connectivity index (χ1n) is 5.84. The second-order valence-corrected chi connectivity index (χ2v) is 4.70. The van der Waals surface area contributed by atoms with Crippen LogP contribution in [0.2, 0.25) is 0 Å². The lowest BCUT2D eigenvalue weighted by Gasteiger charge is -2.19. The van der Waals surface area contributed by atoms with Crippen molar-refractivity contribution in [2.24, 2.45) is 5.73 Å². The highest BCUT2D eigenvalue weighted by atomic mass is 16.4. The number of hydrogen-bond donors (Lipinski definition) is 2. The van der Waals surface area contributed by atoms with Crippen LogP contribution in [0.25, 0.3) is 0 Å². The number of carbonyl (C=O) groups is 1. The van der Waals surface area contributed by atoms with Crippen LogP contribution < -0.4 is 5.73 Å². The van der Waals surface area contributed by atoms with Gasteiger partial charge in [0.25, 0.3) is 0 Å². The first-order valence-corrected chi connectivity index (χ1v) is 5.84. The molecule has 0 spiro atoms. The minimum atomic E-state index is -1.20. The highest BCUT2D eigenvalue weighted by Gasteiger charge is 2.27. The van der Waals surface area contributed by atoms with E-state index in [1.807, 2.05) is 18.5 Å². The third-order valence-electron chi connectivity index (χ3n) is 3.22. The molecule has 5 nitrogen and oxygen atoms in total. The fraction of sp³-hybridized carbons (Fsp3) is 0.667. The largest absolute Gasteiger partial charge is 0.480 e. The number of hydrogen-bond acceptors (Lipinski definition) is 3. The third-order valence-corrected chi connectivity index (χ3v) is 3.22. The zero-order valence-corrected chi connectivity index (χ0v) is 10.9. The van der Waals surface area contributed by atoms with Crippen molar-refractivity contribution >= 4 is 5.97 Å². The number of aryl methyl sites for hydroxylation is 2. The van der Waals surface area contributed by atoms with Crippen LogP contribution in [-0.2, 0) is 17.8 Å². The number of carboxylic acids is 1. The van der Waals surface area contributed by atoms with Crippen molar-refractivity contribution in [2.45, 2.75) is 52.6 Å². The maximum absolute atomic E-state index is 10.9. The van der Waals surface area contributed by atoms with E-state index < -0.39 is 11.5 Å². The van der Waals surface area contributed by atoms with Gasteiger partial charge in [-0.25, -0.2) is 0 Å². The van der Waals surface area contributed by atoms with Gasteiger partial charge in [-0.15, -0.1) is 0 Å². The van der Waals surface area contributed by atoms with E-state index in [4.69, 9.17) is 10.8 Å². The van der Waals surface area contributed by atoms with Gasteiger partial charge >= 0.3 is 5.97 Å². The Hall–Kier alpha value is -1.36. The Morgan fingerprint density at radius 1 is 1.53 bits per heavy atom. The molecule has 3 N–H and O–H groups in total. The van der Waals surface area contributed by atoms with E-state index in [-0.39, 0.29) is 0 Å². The number of nitrogens with two attached hydrogens (primary N) is 1. The van der Waals surface area contributed by atoms with E-state index in [0.717, 1.165) is 17.8 Å². The van der Waals surface area contributed by atoms with Gasteiger partial charge in [0.1, 0.15) is 5.54 Å². The van der Waals surface area contributed by atoms with Crippen LogP contribution >= 0.6 is 0 Å². The number of aromatic nitrogens is 2. The summed E-state index contributed by atoms with van der Waals surface area (Å²) in [5, 5.41) is 13.4. The SMILES string of the molecule is CCc1c(C)nn(CCC(C)(N)C(=O)O)c1C. The van der Waals surface area contributed by atoms with Crippen LogP contribution in [0.5, 0.6) is 0 Å². The Balaban J connectivity index is 2.80. The molecule has 0 aromatic carbocycles. The van der Waals surface area contributed by atoms with Gasteiger partial charge in [-0.3, -0.25) is 9.48 Å². The smallest absolute Gasteiger partial charge is 0.323 e. The second-order valence-electron chi connectivity index (χ2n) is 4.70. The van der Waals surface area contributed by atoms with Gasteiger partial charge in [-0.2, -0.15) is 5.10 Å². The maximum Gasteiger partial charge on any atom is 0.323 e. The standard InChI is InChI=1S/C12H21N3O2/c1-5-10-8(2)14-15(9(10)3)7-6-12(4,13)11(16)17/h5-7,13H2,1-4H3,(H,16,17). The molecule has 0 bridgehead atoms. The van der Waals surface area contributed by atoms with Crippen molar-refractivity contribution in [1.29, 1.82) is 0 Å². The average Bonchev–Trinajstić information content (AvgIpc) is 2.50.